The average molecular weight is 275 g/mol. The Morgan fingerprint density at radius 1 is 1.30 bits per heavy atom. The first-order valence-corrected chi connectivity index (χ1v) is 6.79. The van der Waals surface area contributed by atoms with Crippen molar-refractivity contribution in [3.63, 3.8) is 0 Å². The molecule has 0 aliphatic rings. The number of carbonyl (C=O) groups is 1. The van der Waals surface area contributed by atoms with E-state index in [1.165, 1.54) is 0 Å². The lowest BCUT2D eigenvalue weighted by molar-refractivity contribution is -0.134. The van der Waals surface area contributed by atoms with E-state index in [-0.39, 0.29) is 5.97 Å². The van der Waals surface area contributed by atoms with Gasteiger partial charge in [0.05, 0.1) is 10.9 Å². The van der Waals surface area contributed by atoms with E-state index in [2.05, 4.69) is 16.3 Å². The second-order valence-electron chi connectivity index (χ2n) is 4.60. The standard InChI is InChI=1S/C15H17NO4/c1-2-3-4-5-6-14(17)20-11-7-8-12-13(9-11)16-10-19-15(12)18/h7-10H,2-6H2,1H3. The predicted octanol–water partition coefficient (Wildman–Crippen LogP) is 3.06. The molecule has 0 radical (unpaired) electrons. The van der Waals surface area contributed by atoms with Crippen molar-refractivity contribution >= 4 is 16.9 Å². The van der Waals surface area contributed by atoms with Crippen LogP contribution in [-0.4, -0.2) is 11.0 Å². The molecule has 106 valence electrons. The van der Waals surface area contributed by atoms with E-state index in [0.29, 0.717) is 23.1 Å². The number of carbonyl (C=O) groups excluding carboxylic acids is 1. The van der Waals surface area contributed by atoms with Crippen molar-refractivity contribution in [1.29, 1.82) is 0 Å². The van der Waals surface area contributed by atoms with Gasteiger partial charge in [-0.3, -0.25) is 4.79 Å². The number of benzene rings is 1. The van der Waals surface area contributed by atoms with Crippen molar-refractivity contribution in [1.82, 2.24) is 4.98 Å². The van der Waals surface area contributed by atoms with Crippen LogP contribution in [0, 0.1) is 0 Å². The quantitative estimate of drug-likeness (QED) is 0.460. The molecule has 1 heterocycles. The number of aromatic nitrogens is 1. The highest BCUT2D eigenvalue weighted by molar-refractivity contribution is 5.80. The molecule has 0 unspecified atom stereocenters. The minimum atomic E-state index is -0.451. The topological polar surface area (TPSA) is 69.4 Å². The maximum Gasteiger partial charge on any atom is 0.346 e. The summed E-state index contributed by atoms with van der Waals surface area (Å²) in [5.74, 6) is 0.138. The minimum Gasteiger partial charge on any atom is -0.426 e. The third-order valence-electron chi connectivity index (χ3n) is 3.01. The van der Waals surface area contributed by atoms with Crippen molar-refractivity contribution in [3.05, 3.63) is 35.0 Å². The van der Waals surface area contributed by atoms with Gasteiger partial charge in [-0.15, -0.1) is 0 Å². The average Bonchev–Trinajstić information content (AvgIpc) is 2.44. The van der Waals surface area contributed by atoms with Gasteiger partial charge in [0.15, 0.2) is 6.39 Å². The Balaban J connectivity index is 1.99. The highest BCUT2D eigenvalue weighted by Crippen LogP contribution is 2.17. The summed E-state index contributed by atoms with van der Waals surface area (Å²) in [6.07, 6.45) is 5.62. The molecule has 20 heavy (non-hydrogen) atoms. The maximum atomic E-state index is 11.7. The summed E-state index contributed by atoms with van der Waals surface area (Å²) >= 11 is 0. The van der Waals surface area contributed by atoms with Crippen LogP contribution in [0.25, 0.3) is 10.9 Å². The Kier molecular flexibility index (Phi) is 4.87. The summed E-state index contributed by atoms with van der Waals surface area (Å²) < 4.78 is 9.89. The van der Waals surface area contributed by atoms with Gasteiger partial charge in [-0.2, -0.15) is 0 Å². The summed E-state index contributed by atoms with van der Waals surface area (Å²) in [4.78, 5) is 27.0. The maximum absolute atomic E-state index is 11.7. The van der Waals surface area contributed by atoms with Crippen molar-refractivity contribution < 1.29 is 13.9 Å². The zero-order chi connectivity index (χ0) is 14.4. The number of rotatable bonds is 6. The summed E-state index contributed by atoms with van der Waals surface area (Å²) in [6.45, 7) is 2.12. The van der Waals surface area contributed by atoms with Crippen LogP contribution in [0.4, 0.5) is 0 Å². The van der Waals surface area contributed by atoms with E-state index in [0.717, 1.165) is 32.1 Å². The lowest BCUT2D eigenvalue weighted by Gasteiger charge is -2.04. The van der Waals surface area contributed by atoms with Crippen LogP contribution in [0.15, 0.2) is 33.8 Å². The number of fused-ring (bicyclic) bond motifs is 1. The molecular weight excluding hydrogens is 258 g/mol. The molecule has 0 saturated heterocycles. The zero-order valence-electron chi connectivity index (χ0n) is 11.4. The molecule has 0 N–H and O–H groups in total. The molecule has 2 rings (SSSR count). The second kappa shape index (κ2) is 6.84. The van der Waals surface area contributed by atoms with Crippen LogP contribution in [0.3, 0.4) is 0 Å². The van der Waals surface area contributed by atoms with Crippen LogP contribution in [0.5, 0.6) is 5.75 Å². The molecule has 0 aliphatic carbocycles. The number of esters is 1. The summed E-state index contributed by atoms with van der Waals surface area (Å²) in [6, 6.07) is 4.69. The van der Waals surface area contributed by atoms with Crippen molar-refractivity contribution in [3.8, 4) is 5.75 Å². The van der Waals surface area contributed by atoms with E-state index in [4.69, 9.17) is 4.74 Å². The number of nitrogens with zero attached hydrogens (tertiary/aromatic N) is 1. The summed E-state index contributed by atoms with van der Waals surface area (Å²) in [7, 11) is 0. The second-order valence-corrected chi connectivity index (χ2v) is 4.60. The minimum absolute atomic E-state index is 0.261. The Morgan fingerprint density at radius 2 is 2.15 bits per heavy atom. The van der Waals surface area contributed by atoms with Gasteiger partial charge in [0.2, 0.25) is 0 Å². The molecule has 5 nitrogen and oxygen atoms in total. The van der Waals surface area contributed by atoms with Gasteiger partial charge in [-0.1, -0.05) is 26.2 Å². The molecule has 0 fully saturated rings. The highest BCUT2D eigenvalue weighted by Gasteiger charge is 2.07. The van der Waals surface area contributed by atoms with Crippen LogP contribution < -0.4 is 10.4 Å². The van der Waals surface area contributed by atoms with E-state index in [9.17, 15) is 9.59 Å². The van der Waals surface area contributed by atoms with Crippen molar-refractivity contribution in [2.75, 3.05) is 0 Å². The fourth-order valence-corrected chi connectivity index (χ4v) is 1.93. The molecule has 0 spiro atoms. The van der Waals surface area contributed by atoms with E-state index in [1.54, 1.807) is 18.2 Å². The third-order valence-corrected chi connectivity index (χ3v) is 3.01. The molecule has 0 bridgehead atoms. The van der Waals surface area contributed by atoms with E-state index in [1.807, 2.05) is 0 Å². The monoisotopic (exact) mass is 275 g/mol. The smallest absolute Gasteiger partial charge is 0.346 e. The molecule has 0 amide bonds. The van der Waals surface area contributed by atoms with Gasteiger partial charge >= 0.3 is 11.6 Å². The van der Waals surface area contributed by atoms with Gasteiger partial charge in [-0.05, 0) is 18.6 Å². The highest BCUT2D eigenvalue weighted by atomic mass is 16.5. The Bertz CT molecular complexity index is 648. The van der Waals surface area contributed by atoms with E-state index >= 15 is 0 Å². The number of hydrogen-bond acceptors (Lipinski definition) is 5. The van der Waals surface area contributed by atoms with Crippen LogP contribution in [0.1, 0.15) is 39.0 Å². The SMILES string of the molecule is CCCCCCC(=O)Oc1ccc2c(=O)ocnc2c1. The predicted molar refractivity (Wildman–Crippen MR) is 74.7 cm³/mol. The Morgan fingerprint density at radius 3 is 2.95 bits per heavy atom. The molecule has 1 aromatic heterocycles. The van der Waals surface area contributed by atoms with Crippen molar-refractivity contribution in [2.45, 2.75) is 39.0 Å². The van der Waals surface area contributed by atoms with E-state index < -0.39 is 5.63 Å². The van der Waals surface area contributed by atoms with Crippen LogP contribution in [0.2, 0.25) is 0 Å². The first kappa shape index (κ1) is 14.2. The zero-order valence-corrected chi connectivity index (χ0v) is 11.4. The summed E-state index contributed by atoms with van der Waals surface area (Å²) in [5.41, 5.74) is 0.00461. The summed E-state index contributed by atoms with van der Waals surface area (Å²) in [5, 5.41) is 0.371. The van der Waals surface area contributed by atoms with Gasteiger partial charge in [0, 0.05) is 12.5 Å². The molecule has 0 saturated carbocycles. The number of unbranched alkanes of at least 4 members (excludes halogenated alkanes) is 3. The largest absolute Gasteiger partial charge is 0.426 e. The Labute approximate surface area is 116 Å². The van der Waals surface area contributed by atoms with Gasteiger partial charge in [-0.25, -0.2) is 9.78 Å². The fourth-order valence-electron chi connectivity index (χ4n) is 1.93. The number of hydrogen-bond donors (Lipinski definition) is 0. The molecule has 1 aromatic carbocycles. The lowest BCUT2D eigenvalue weighted by atomic mass is 10.1. The first-order chi connectivity index (χ1) is 9.70. The van der Waals surface area contributed by atoms with Gasteiger partial charge < -0.3 is 9.15 Å². The third kappa shape index (κ3) is 3.66. The first-order valence-electron chi connectivity index (χ1n) is 6.79. The normalized spacial score (nSPS) is 10.7. The molecular formula is C15H17NO4. The Hall–Kier alpha value is -2.17. The lowest BCUT2D eigenvalue weighted by Crippen LogP contribution is -2.08. The number of ether oxygens (including phenoxy) is 1. The molecule has 0 aliphatic heterocycles. The fraction of sp³-hybridized carbons (Fsp3) is 0.400. The van der Waals surface area contributed by atoms with Gasteiger partial charge in [0.25, 0.3) is 0 Å². The molecule has 2 aromatic rings. The van der Waals surface area contributed by atoms with Crippen LogP contribution in [-0.2, 0) is 4.79 Å². The molecule has 5 heteroatoms. The molecule has 0 atom stereocenters. The van der Waals surface area contributed by atoms with Crippen molar-refractivity contribution in [2.24, 2.45) is 0 Å². The van der Waals surface area contributed by atoms with Gasteiger partial charge in [0.1, 0.15) is 5.75 Å². The van der Waals surface area contributed by atoms with Crippen LogP contribution >= 0.6 is 0 Å².